The lowest BCUT2D eigenvalue weighted by Crippen LogP contribution is -2.36. The maximum atomic E-state index is 14.5. The standard InChI is InChI=1S/C25H31FN8O/c1-14(13-30-15(2)28-3)35-24-32-22-20(18-9-17(26)10-19(29-4)21(18)31-22)23(33-24)34-7-5-25(6-8-34)11-16(25)12-27/h9-10,13,16,29H,3,5-8,11-12,27H2,1-2,4H3,(H,31,32,33)/b14-13+,30-15?. The second-order valence-electron chi connectivity index (χ2n) is 9.47. The molecule has 1 aliphatic heterocycles. The van der Waals surface area contributed by atoms with Gasteiger partial charge in [0, 0.05) is 25.5 Å². The molecule has 1 saturated heterocycles. The van der Waals surface area contributed by atoms with E-state index in [2.05, 4.69) is 36.9 Å². The molecule has 0 radical (unpaired) electrons. The summed E-state index contributed by atoms with van der Waals surface area (Å²) >= 11 is 0. The molecule has 0 bridgehead atoms. The van der Waals surface area contributed by atoms with Crippen molar-refractivity contribution in [1.29, 1.82) is 0 Å². The molecule has 9 nitrogen and oxygen atoms in total. The summed E-state index contributed by atoms with van der Waals surface area (Å²) in [6.07, 6.45) is 4.90. The molecule has 3 heterocycles. The van der Waals surface area contributed by atoms with Crippen LogP contribution >= 0.6 is 0 Å². The van der Waals surface area contributed by atoms with E-state index in [4.69, 9.17) is 15.5 Å². The van der Waals surface area contributed by atoms with E-state index in [1.165, 1.54) is 18.6 Å². The van der Waals surface area contributed by atoms with E-state index in [0.717, 1.165) is 54.6 Å². The molecule has 1 unspecified atom stereocenters. The van der Waals surface area contributed by atoms with E-state index >= 15 is 0 Å². The molecule has 0 amide bonds. The zero-order chi connectivity index (χ0) is 24.7. The van der Waals surface area contributed by atoms with Gasteiger partial charge in [-0.2, -0.15) is 9.97 Å². The number of benzene rings is 1. The zero-order valence-electron chi connectivity index (χ0n) is 20.4. The molecule has 1 aromatic carbocycles. The first-order valence-corrected chi connectivity index (χ1v) is 11.9. The first kappa shape index (κ1) is 23.2. The number of fused-ring (bicyclic) bond motifs is 3. The Morgan fingerprint density at radius 3 is 2.80 bits per heavy atom. The van der Waals surface area contributed by atoms with Gasteiger partial charge in [-0.3, -0.25) is 0 Å². The number of H-pyrrole nitrogens is 1. The number of halogens is 1. The summed E-state index contributed by atoms with van der Waals surface area (Å²) in [5.74, 6) is 2.08. The van der Waals surface area contributed by atoms with Gasteiger partial charge in [0.2, 0.25) is 0 Å². The van der Waals surface area contributed by atoms with Crippen LogP contribution in [0.3, 0.4) is 0 Å². The number of nitrogens with one attached hydrogen (secondary N) is 2. The van der Waals surface area contributed by atoms with Crippen LogP contribution < -0.4 is 20.7 Å². The average Bonchev–Trinajstić information content (AvgIpc) is 3.41. The molecule has 5 rings (SSSR count). The highest BCUT2D eigenvalue weighted by Gasteiger charge is 2.53. The number of aromatic nitrogens is 3. The summed E-state index contributed by atoms with van der Waals surface area (Å²) in [5.41, 5.74) is 8.35. The van der Waals surface area contributed by atoms with Crippen LogP contribution in [0.4, 0.5) is 15.9 Å². The van der Waals surface area contributed by atoms with E-state index in [1.54, 1.807) is 27.1 Å². The maximum Gasteiger partial charge on any atom is 0.325 e. The van der Waals surface area contributed by atoms with Crippen LogP contribution in [-0.4, -0.2) is 54.2 Å². The second kappa shape index (κ2) is 8.92. The van der Waals surface area contributed by atoms with Crippen LogP contribution in [0, 0.1) is 17.2 Å². The van der Waals surface area contributed by atoms with Gasteiger partial charge in [0.15, 0.2) is 0 Å². The Bertz CT molecular complexity index is 1350. The predicted octanol–water partition coefficient (Wildman–Crippen LogP) is 4.22. The fourth-order valence-electron chi connectivity index (χ4n) is 5.23. The molecule has 35 heavy (non-hydrogen) atoms. The van der Waals surface area contributed by atoms with Gasteiger partial charge in [0.05, 0.1) is 22.8 Å². The van der Waals surface area contributed by atoms with Crippen molar-refractivity contribution in [2.24, 2.45) is 27.1 Å². The van der Waals surface area contributed by atoms with Gasteiger partial charge in [-0.1, -0.05) is 0 Å². The number of nitrogens with zero attached hydrogens (tertiary/aromatic N) is 5. The van der Waals surface area contributed by atoms with Crippen LogP contribution in [0.5, 0.6) is 6.01 Å². The van der Waals surface area contributed by atoms with Crippen molar-refractivity contribution >= 4 is 46.0 Å². The van der Waals surface area contributed by atoms with E-state index in [1.807, 2.05) is 0 Å². The molecule has 1 saturated carbocycles. The number of allylic oxidation sites excluding steroid dienone is 1. The number of rotatable bonds is 6. The van der Waals surface area contributed by atoms with Gasteiger partial charge in [-0.25, -0.2) is 14.4 Å². The van der Waals surface area contributed by atoms with Crippen molar-refractivity contribution < 1.29 is 9.13 Å². The van der Waals surface area contributed by atoms with Gasteiger partial charge in [0.1, 0.15) is 28.9 Å². The van der Waals surface area contributed by atoms with Crippen molar-refractivity contribution in [3.63, 3.8) is 0 Å². The lowest BCUT2D eigenvalue weighted by Gasteiger charge is -2.34. The number of anilines is 2. The highest BCUT2D eigenvalue weighted by molar-refractivity contribution is 6.14. The third kappa shape index (κ3) is 4.22. The minimum Gasteiger partial charge on any atom is -0.427 e. The monoisotopic (exact) mass is 478 g/mol. The largest absolute Gasteiger partial charge is 0.427 e. The molecule has 3 aromatic rings. The van der Waals surface area contributed by atoms with E-state index < -0.39 is 0 Å². The van der Waals surface area contributed by atoms with Crippen molar-refractivity contribution in [1.82, 2.24) is 15.0 Å². The van der Waals surface area contributed by atoms with E-state index in [0.29, 0.717) is 34.3 Å². The Balaban J connectivity index is 1.59. The minimum absolute atomic E-state index is 0.199. The Morgan fingerprint density at radius 1 is 1.37 bits per heavy atom. The summed E-state index contributed by atoms with van der Waals surface area (Å²) in [6.45, 7) is 9.44. The summed E-state index contributed by atoms with van der Waals surface area (Å²) in [5, 5.41) is 4.59. The number of ether oxygens (including phenoxy) is 1. The van der Waals surface area contributed by atoms with Gasteiger partial charge in [-0.15, -0.1) is 0 Å². The Hall–Kier alpha value is -3.53. The van der Waals surface area contributed by atoms with Crippen LogP contribution in [0.15, 0.2) is 34.1 Å². The number of nitrogens with two attached hydrogens (primary N) is 1. The fraction of sp³-hybridized carbons (Fsp3) is 0.440. The Morgan fingerprint density at radius 2 is 2.14 bits per heavy atom. The number of hydrogen-bond donors (Lipinski definition) is 3. The Labute approximate surface area is 203 Å². The summed E-state index contributed by atoms with van der Waals surface area (Å²) in [6, 6.07) is 3.20. The molecule has 2 fully saturated rings. The lowest BCUT2D eigenvalue weighted by atomic mass is 9.90. The van der Waals surface area contributed by atoms with Crippen LogP contribution in [0.2, 0.25) is 0 Å². The average molecular weight is 479 g/mol. The van der Waals surface area contributed by atoms with Gasteiger partial charge >= 0.3 is 6.01 Å². The Kier molecular flexibility index (Phi) is 5.92. The first-order chi connectivity index (χ1) is 16.9. The third-order valence-electron chi connectivity index (χ3n) is 7.37. The molecule has 1 aliphatic carbocycles. The normalized spacial score (nSPS) is 20.0. The number of hydrogen-bond acceptors (Lipinski definition) is 7. The number of aromatic amines is 1. The van der Waals surface area contributed by atoms with Crippen LogP contribution in [-0.2, 0) is 0 Å². The molecule has 10 heteroatoms. The van der Waals surface area contributed by atoms with Crippen molar-refractivity contribution in [2.45, 2.75) is 33.1 Å². The molecule has 4 N–H and O–H groups in total. The van der Waals surface area contributed by atoms with Gasteiger partial charge in [-0.05, 0) is 69.8 Å². The van der Waals surface area contributed by atoms with Crippen molar-refractivity contribution in [3.05, 3.63) is 29.9 Å². The predicted molar refractivity (Wildman–Crippen MR) is 139 cm³/mol. The second-order valence-corrected chi connectivity index (χ2v) is 9.47. The van der Waals surface area contributed by atoms with Crippen LogP contribution in [0.1, 0.15) is 33.1 Å². The van der Waals surface area contributed by atoms with Crippen molar-refractivity contribution in [2.75, 3.05) is 36.9 Å². The lowest BCUT2D eigenvalue weighted by molar-refractivity contribution is 0.349. The van der Waals surface area contributed by atoms with Gasteiger partial charge < -0.3 is 25.7 Å². The molecule has 1 spiro atoms. The van der Waals surface area contributed by atoms with Crippen molar-refractivity contribution in [3.8, 4) is 6.01 Å². The highest BCUT2D eigenvalue weighted by atomic mass is 19.1. The summed E-state index contributed by atoms with van der Waals surface area (Å²) < 4.78 is 20.4. The minimum atomic E-state index is -0.321. The summed E-state index contributed by atoms with van der Waals surface area (Å²) in [7, 11) is 1.77. The topological polar surface area (TPSA) is 117 Å². The van der Waals surface area contributed by atoms with Crippen LogP contribution in [0.25, 0.3) is 21.9 Å². The molecule has 2 aromatic heterocycles. The van der Waals surface area contributed by atoms with Gasteiger partial charge in [0.25, 0.3) is 0 Å². The molecule has 184 valence electrons. The molecule has 1 atom stereocenters. The zero-order valence-corrected chi connectivity index (χ0v) is 20.4. The number of amidine groups is 1. The number of aliphatic imine (C=N–C) groups is 2. The molecular weight excluding hydrogens is 447 g/mol. The van der Waals surface area contributed by atoms with E-state index in [-0.39, 0.29) is 11.8 Å². The SMILES string of the molecule is C=NC(C)=N/C=C(\C)Oc1nc(N2CCC3(CC2)CC3CN)c2c(n1)[nH]c1c(NC)cc(F)cc12. The first-order valence-electron chi connectivity index (χ1n) is 11.9. The molecular formula is C25H31FN8O. The van der Waals surface area contributed by atoms with E-state index in [9.17, 15) is 4.39 Å². The maximum absolute atomic E-state index is 14.5. The smallest absolute Gasteiger partial charge is 0.325 e. The quantitative estimate of drug-likeness (QED) is 0.278. The third-order valence-corrected chi connectivity index (χ3v) is 7.37. The summed E-state index contributed by atoms with van der Waals surface area (Å²) in [4.78, 5) is 23.0. The highest BCUT2D eigenvalue weighted by Crippen LogP contribution is 2.59. The molecule has 2 aliphatic rings. The fourth-order valence-corrected chi connectivity index (χ4v) is 5.23. The number of piperidine rings is 1.